The highest BCUT2D eigenvalue weighted by molar-refractivity contribution is 6.18. The van der Waals surface area contributed by atoms with Gasteiger partial charge >= 0.3 is 0 Å². The van der Waals surface area contributed by atoms with Crippen LogP contribution in [0.2, 0.25) is 0 Å². The van der Waals surface area contributed by atoms with E-state index >= 15 is 0 Å². The average Bonchev–Trinajstić information content (AvgIpc) is 2.94. The number of halogens is 1. The number of hydrogen-bond donors (Lipinski definition) is 1. The highest BCUT2D eigenvalue weighted by Gasteiger charge is 2.17. The third-order valence-electron chi connectivity index (χ3n) is 2.74. The number of hydrogen-bond acceptors (Lipinski definition) is 4. The van der Waals surface area contributed by atoms with Crippen molar-refractivity contribution in [3.05, 3.63) is 53.4 Å². The van der Waals surface area contributed by atoms with Crippen LogP contribution in [0.3, 0.4) is 0 Å². The van der Waals surface area contributed by atoms with Gasteiger partial charge < -0.3 is 14.6 Å². The zero-order valence-electron chi connectivity index (χ0n) is 11.0. The maximum Gasteiger partial charge on any atom is 0.273 e. The van der Waals surface area contributed by atoms with Gasteiger partial charge in [0, 0.05) is 19.1 Å². The molecule has 1 aromatic carbocycles. The molecule has 0 radical (unpaired) electrons. The maximum atomic E-state index is 12.1. The SMILES string of the molecule is COCc1cc(C(=O)NC(CCl)c2ccccc2)no1. The zero-order valence-corrected chi connectivity index (χ0v) is 11.8. The quantitative estimate of drug-likeness (QED) is 0.832. The lowest BCUT2D eigenvalue weighted by Crippen LogP contribution is -2.29. The summed E-state index contributed by atoms with van der Waals surface area (Å²) < 4.78 is 9.88. The molecule has 1 atom stereocenters. The number of alkyl halides is 1. The fraction of sp³-hybridized carbons (Fsp3) is 0.286. The van der Waals surface area contributed by atoms with Crippen LogP contribution in [-0.4, -0.2) is 24.1 Å². The molecule has 20 heavy (non-hydrogen) atoms. The first kappa shape index (κ1) is 14.6. The Kier molecular flexibility index (Phi) is 5.15. The third-order valence-corrected chi connectivity index (χ3v) is 3.05. The summed E-state index contributed by atoms with van der Waals surface area (Å²) in [4.78, 5) is 12.1. The molecule has 0 aliphatic heterocycles. The van der Waals surface area contributed by atoms with E-state index in [0.717, 1.165) is 5.56 Å². The smallest absolute Gasteiger partial charge is 0.273 e. The monoisotopic (exact) mass is 294 g/mol. The zero-order chi connectivity index (χ0) is 14.4. The Morgan fingerprint density at radius 1 is 1.45 bits per heavy atom. The molecule has 0 saturated carbocycles. The van der Waals surface area contributed by atoms with Crippen molar-refractivity contribution in [1.82, 2.24) is 10.5 Å². The van der Waals surface area contributed by atoms with Gasteiger partial charge in [0.25, 0.3) is 5.91 Å². The minimum Gasteiger partial charge on any atom is -0.377 e. The summed E-state index contributed by atoms with van der Waals surface area (Å²) in [5.41, 5.74) is 1.15. The van der Waals surface area contributed by atoms with Gasteiger partial charge in [-0.3, -0.25) is 4.79 Å². The van der Waals surface area contributed by atoms with Gasteiger partial charge in [0.15, 0.2) is 11.5 Å². The Balaban J connectivity index is 2.05. The number of amides is 1. The van der Waals surface area contributed by atoms with Crippen LogP contribution in [0.5, 0.6) is 0 Å². The van der Waals surface area contributed by atoms with E-state index in [0.29, 0.717) is 5.76 Å². The first-order chi connectivity index (χ1) is 9.74. The highest BCUT2D eigenvalue weighted by atomic mass is 35.5. The predicted octanol–water partition coefficient (Wildman–Crippen LogP) is 2.53. The lowest BCUT2D eigenvalue weighted by molar-refractivity contribution is 0.0930. The van der Waals surface area contributed by atoms with Crippen LogP contribution in [0.1, 0.15) is 27.9 Å². The van der Waals surface area contributed by atoms with Crippen LogP contribution < -0.4 is 5.32 Å². The highest BCUT2D eigenvalue weighted by Crippen LogP contribution is 2.15. The van der Waals surface area contributed by atoms with E-state index in [2.05, 4.69) is 10.5 Å². The number of benzene rings is 1. The van der Waals surface area contributed by atoms with E-state index in [1.54, 1.807) is 13.2 Å². The topological polar surface area (TPSA) is 64.4 Å². The minimum atomic E-state index is -0.328. The number of methoxy groups -OCH3 is 1. The standard InChI is InChI=1S/C14H15ClN2O3/c1-19-9-11-7-12(17-20-11)14(18)16-13(8-15)10-5-3-2-4-6-10/h2-7,13H,8-9H2,1H3,(H,16,18). The molecule has 5 nitrogen and oxygen atoms in total. The molecule has 0 fully saturated rings. The number of carbonyl (C=O) groups excluding carboxylic acids is 1. The summed E-state index contributed by atoms with van der Waals surface area (Å²) in [6.07, 6.45) is 0. The van der Waals surface area contributed by atoms with Crippen LogP contribution in [0.15, 0.2) is 40.9 Å². The minimum absolute atomic E-state index is 0.211. The fourth-order valence-corrected chi connectivity index (χ4v) is 2.01. The van der Waals surface area contributed by atoms with Crippen LogP contribution in [-0.2, 0) is 11.3 Å². The molecule has 0 bridgehead atoms. The fourth-order valence-electron chi connectivity index (χ4n) is 1.76. The Morgan fingerprint density at radius 2 is 2.20 bits per heavy atom. The van der Waals surface area contributed by atoms with Crippen molar-refractivity contribution in [2.75, 3.05) is 13.0 Å². The molecule has 2 rings (SSSR count). The second kappa shape index (κ2) is 7.07. The molecule has 1 aromatic heterocycles. The first-order valence-corrected chi connectivity index (χ1v) is 6.64. The van der Waals surface area contributed by atoms with Gasteiger partial charge in [0.05, 0.1) is 6.04 Å². The maximum absolute atomic E-state index is 12.1. The van der Waals surface area contributed by atoms with Gasteiger partial charge in [-0.05, 0) is 5.56 Å². The van der Waals surface area contributed by atoms with E-state index in [9.17, 15) is 4.79 Å². The molecule has 1 amide bonds. The van der Waals surface area contributed by atoms with Crippen LogP contribution >= 0.6 is 11.6 Å². The summed E-state index contributed by atoms with van der Waals surface area (Å²) in [6, 6.07) is 10.8. The van der Waals surface area contributed by atoms with E-state index < -0.39 is 0 Å². The normalized spacial score (nSPS) is 12.1. The summed E-state index contributed by atoms with van der Waals surface area (Å²) in [5.74, 6) is 0.448. The van der Waals surface area contributed by atoms with Gasteiger partial charge in [-0.1, -0.05) is 35.5 Å². The predicted molar refractivity (Wildman–Crippen MR) is 74.6 cm³/mol. The number of rotatable bonds is 6. The molecule has 2 aromatic rings. The molecule has 0 aliphatic carbocycles. The van der Waals surface area contributed by atoms with Gasteiger partial charge in [-0.2, -0.15) is 0 Å². The average molecular weight is 295 g/mol. The van der Waals surface area contributed by atoms with Crippen molar-refractivity contribution in [2.24, 2.45) is 0 Å². The van der Waals surface area contributed by atoms with Crippen molar-refractivity contribution < 1.29 is 14.1 Å². The van der Waals surface area contributed by atoms with Crippen LogP contribution in [0, 0.1) is 0 Å². The Bertz CT molecular complexity index is 557. The van der Waals surface area contributed by atoms with Crippen molar-refractivity contribution >= 4 is 17.5 Å². The van der Waals surface area contributed by atoms with Gasteiger partial charge in [-0.15, -0.1) is 11.6 Å². The molecule has 6 heteroatoms. The largest absolute Gasteiger partial charge is 0.377 e. The molecule has 106 valence electrons. The number of nitrogens with zero attached hydrogens (tertiary/aromatic N) is 1. The van der Waals surface area contributed by atoms with Crippen molar-refractivity contribution in [1.29, 1.82) is 0 Å². The lowest BCUT2D eigenvalue weighted by Gasteiger charge is -2.15. The number of nitrogens with one attached hydrogen (secondary N) is 1. The van der Waals surface area contributed by atoms with E-state index in [1.807, 2.05) is 30.3 Å². The van der Waals surface area contributed by atoms with Crippen LogP contribution in [0.25, 0.3) is 0 Å². The van der Waals surface area contributed by atoms with Gasteiger partial charge in [0.2, 0.25) is 0 Å². The van der Waals surface area contributed by atoms with E-state index in [-0.39, 0.29) is 30.1 Å². The molecule has 1 unspecified atom stereocenters. The van der Waals surface area contributed by atoms with Crippen molar-refractivity contribution in [3.8, 4) is 0 Å². The lowest BCUT2D eigenvalue weighted by atomic mass is 10.1. The molecule has 1 N–H and O–H groups in total. The number of ether oxygens (including phenoxy) is 1. The number of aromatic nitrogens is 1. The summed E-state index contributed by atoms with van der Waals surface area (Å²) >= 11 is 5.91. The van der Waals surface area contributed by atoms with E-state index in [1.165, 1.54) is 0 Å². The van der Waals surface area contributed by atoms with E-state index in [4.69, 9.17) is 20.9 Å². The Morgan fingerprint density at radius 3 is 2.85 bits per heavy atom. The molecule has 0 aliphatic rings. The molecule has 0 spiro atoms. The second-order valence-electron chi connectivity index (χ2n) is 4.20. The third kappa shape index (κ3) is 3.59. The van der Waals surface area contributed by atoms with Crippen molar-refractivity contribution in [3.63, 3.8) is 0 Å². The molecule has 0 saturated heterocycles. The van der Waals surface area contributed by atoms with Crippen LogP contribution in [0.4, 0.5) is 0 Å². The van der Waals surface area contributed by atoms with Gasteiger partial charge in [0.1, 0.15) is 6.61 Å². The molecular weight excluding hydrogens is 280 g/mol. The van der Waals surface area contributed by atoms with Gasteiger partial charge in [-0.25, -0.2) is 0 Å². The summed E-state index contributed by atoms with van der Waals surface area (Å²) in [5, 5.41) is 6.53. The Labute approximate surface area is 121 Å². The molecule has 1 heterocycles. The van der Waals surface area contributed by atoms with Crippen molar-refractivity contribution in [2.45, 2.75) is 12.6 Å². The summed E-state index contributed by atoms with van der Waals surface area (Å²) in [7, 11) is 1.54. The molecular formula is C14H15ClN2O3. The first-order valence-electron chi connectivity index (χ1n) is 6.11. The summed E-state index contributed by atoms with van der Waals surface area (Å²) in [6.45, 7) is 0.276. The second-order valence-corrected chi connectivity index (χ2v) is 4.51. The number of carbonyl (C=O) groups is 1. The Hall–Kier alpha value is -1.85.